The molecule has 0 atom stereocenters. The summed E-state index contributed by atoms with van der Waals surface area (Å²) in [5.74, 6) is 0. The van der Waals surface area contributed by atoms with Crippen LogP contribution in [0.25, 0.3) is 17.0 Å². The Morgan fingerprint density at radius 2 is 1.91 bits per heavy atom. The van der Waals surface area contributed by atoms with Crippen LogP contribution in [0.15, 0.2) is 121 Å². The molecule has 0 aliphatic heterocycles. The van der Waals surface area contributed by atoms with Gasteiger partial charge in [0.1, 0.15) is 11.4 Å². The summed E-state index contributed by atoms with van der Waals surface area (Å²) in [5, 5.41) is 19.0. The SMILES string of the molecule is C=CC(=N)C/C=C(C=C)/C1=C/C=C/C=C(\C=C/C(=C)c2nn[nH]c2-c2cccc(C)n2)C(/C)=C\1. The van der Waals surface area contributed by atoms with Crippen molar-refractivity contribution in [1.29, 1.82) is 5.41 Å². The highest BCUT2D eigenvalue weighted by molar-refractivity contribution is 5.93. The molecule has 0 unspecified atom stereocenters. The van der Waals surface area contributed by atoms with Gasteiger partial charge < -0.3 is 5.41 Å². The van der Waals surface area contributed by atoms with E-state index in [4.69, 9.17) is 5.41 Å². The first kappa shape index (κ1) is 24.3. The summed E-state index contributed by atoms with van der Waals surface area (Å²) in [6.45, 7) is 15.8. The minimum atomic E-state index is 0.470. The number of pyridine rings is 1. The zero-order chi connectivity index (χ0) is 24.5. The maximum absolute atomic E-state index is 7.82. The van der Waals surface area contributed by atoms with Crippen molar-refractivity contribution in [1.82, 2.24) is 20.4 Å². The van der Waals surface area contributed by atoms with Gasteiger partial charge in [-0.3, -0.25) is 10.1 Å². The van der Waals surface area contributed by atoms with E-state index in [2.05, 4.69) is 59.2 Å². The van der Waals surface area contributed by atoms with Crippen molar-refractivity contribution in [3.8, 4) is 11.4 Å². The lowest BCUT2D eigenvalue weighted by molar-refractivity contribution is 0.936. The second-order valence-corrected chi connectivity index (χ2v) is 7.81. The highest BCUT2D eigenvalue weighted by Crippen LogP contribution is 2.26. The van der Waals surface area contributed by atoms with E-state index < -0.39 is 0 Å². The number of aromatic nitrogens is 4. The summed E-state index contributed by atoms with van der Waals surface area (Å²) in [6, 6.07) is 5.83. The van der Waals surface area contributed by atoms with Crippen LogP contribution in [0.1, 0.15) is 24.7 Å². The Morgan fingerprint density at radius 1 is 1.12 bits per heavy atom. The van der Waals surface area contributed by atoms with Gasteiger partial charge in [-0.2, -0.15) is 0 Å². The predicted molar refractivity (Wildman–Crippen MR) is 142 cm³/mol. The summed E-state index contributed by atoms with van der Waals surface area (Å²) in [7, 11) is 0. The van der Waals surface area contributed by atoms with E-state index in [1.807, 2.05) is 67.7 Å². The molecule has 0 saturated carbocycles. The first-order valence-electron chi connectivity index (χ1n) is 11.0. The van der Waals surface area contributed by atoms with Gasteiger partial charge in [-0.1, -0.05) is 85.7 Å². The maximum Gasteiger partial charge on any atom is 0.121 e. The minimum absolute atomic E-state index is 0.470. The molecule has 0 radical (unpaired) electrons. The fourth-order valence-corrected chi connectivity index (χ4v) is 3.39. The fourth-order valence-electron chi connectivity index (χ4n) is 3.39. The number of rotatable bonds is 9. The normalized spacial score (nSPS) is 19.6. The third kappa shape index (κ3) is 6.11. The number of aromatic amines is 1. The molecule has 0 saturated heterocycles. The largest absolute Gasteiger partial charge is 0.305 e. The van der Waals surface area contributed by atoms with E-state index in [1.165, 1.54) is 0 Å². The lowest BCUT2D eigenvalue weighted by atomic mass is 9.95. The number of hydrogen-bond donors (Lipinski definition) is 2. The number of nitrogens with one attached hydrogen (secondary N) is 2. The smallest absolute Gasteiger partial charge is 0.121 e. The third-order valence-electron chi connectivity index (χ3n) is 5.29. The van der Waals surface area contributed by atoms with Crippen molar-refractivity contribution in [2.24, 2.45) is 0 Å². The highest BCUT2D eigenvalue weighted by Gasteiger charge is 2.13. The molecule has 3 rings (SSSR count). The van der Waals surface area contributed by atoms with Crippen LogP contribution in [0.2, 0.25) is 0 Å². The lowest BCUT2D eigenvalue weighted by Gasteiger charge is -2.10. The Morgan fingerprint density at radius 3 is 2.65 bits per heavy atom. The minimum Gasteiger partial charge on any atom is -0.305 e. The topological polar surface area (TPSA) is 78.3 Å². The van der Waals surface area contributed by atoms with Gasteiger partial charge >= 0.3 is 0 Å². The van der Waals surface area contributed by atoms with Crippen LogP contribution < -0.4 is 0 Å². The molecule has 0 spiro atoms. The predicted octanol–water partition coefficient (Wildman–Crippen LogP) is 6.82. The standard InChI is InChI=1S/C29H29N5/c1-6-23(17-18-26(30)7-2)25-13-9-8-12-24(21(4)19-25)16-15-20(3)28-29(33-34-32-28)27-14-10-11-22(5)31-27/h6-17,19,30H,1-3,18H2,4-5H3,(H,32,33,34)/b9-8+,12-8?,13-9?,16-15-,21-19-,23-17+,24-12+,24-21?,25-13+,25-19?,30-26?. The Labute approximate surface area is 201 Å². The van der Waals surface area contributed by atoms with Crippen molar-refractivity contribution in [3.05, 3.63) is 132 Å². The first-order chi connectivity index (χ1) is 16.4. The molecule has 0 fully saturated rings. The zero-order valence-corrected chi connectivity index (χ0v) is 19.7. The summed E-state index contributed by atoms with van der Waals surface area (Å²) in [6.07, 6.45) is 20.0. The average Bonchev–Trinajstić information content (AvgIpc) is 3.32. The maximum atomic E-state index is 7.82. The van der Waals surface area contributed by atoms with Gasteiger partial charge in [-0.25, -0.2) is 0 Å². The second kappa shape index (κ2) is 11.5. The van der Waals surface area contributed by atoms with Crippen molar-refractivity contribution >= 4 is 11.3 Å². The molecule has 5 heteroatoms. The van der Waals surface area contributed by atoms with Crippen LogP contribution in [0.4, 0.5) is 0 Å². The molecule has 170 valence electrons. The third-order valence-corrected chi connectivity index (χ3v) is 5.29. The van der Waals surface area contributed by atoms with Crippen LogP contribution in [0.3, 0.4) is 0 Å². The van der Waals surface area contributed by atoms with Gasteiger partial charge in [0.15, 0.2) is 0 Å². The van der Waals surface area contributed by atoms with Crippen LogP contribution >= 0.6 is 0 Å². The van der Waals surface area contributed by atoms with E-state index in [0.717, 1.165) is 44.9 Å². The molecule has 1 aliphatic carbocycles. The number of aryl methyl sites for hydroxylation is 1. The van der Waals surface area contributed by atoms with Gasteiger partial charge in [0, 0.05) is 17.8 Å². The summed E-state index contributed by atoms with van der Waals surface area (Å²) >= 11 is 0. The lowest BCUT2D eigenvalue weighted by Crippen LogP contribution is -1.93. The molecule has 2 aromatic heterocycles. The monoisotopic (exact) mass is 447 g/mol. The molecule has 2 N–H and O–H groups in total. The van der Waals surface area contributed by atoms with Crippen LogP contribution in [-0.4, -0.2) is 26.1 Å². The Balaban J connectivity index is 1.83. The summed E-state index contributed by atoms with van der Waals surface area (Å²) in [5.41, 5.74) is 8.45. The van der Waals surface area contributed by atoms with Crippen molar-refractivity contribution in [2.45, 2.75) is 20.3 Å². The van der Waals surface area contributed by atoms with Crippen LogP contribution in [-0.2, 0) is 0 Å². The fraction of sp³-hybridized carbons (Fsp3) is 0.103. The zero-order valence-electron chi connectivity index (χ0n) is 19.7. The van der Waals surface area contributed by atoms with E-state index in [0.29, 0.717) is 17.8 Å². The van der Waals surface area contributed by atoms with E-state index in [-0.39, 0.29) is 0 Å². The molecule has 0 amide bonds. The van der Waals surface area contributed by atoms with Crippen molar-refractivity contribution in [2.75, 3.05) is 0 Å². The molecule has 5 nitrogen and oxygen atoms in total. The van der Waals surface area contributed by atoms with E-state index >= 15 is 0 Å². The molecule has 0 aromatic carbocycles. The van der Waals surface area contributed by atoms with E-state index in [9.17, 15) is 0 Å². The number of hydrogen-bond acceptors (Lipinski definition) is 4. The Hall–Kier alpha value is -4.38. The molecular weight excluding hydrogens is 418 g/mol. The highest BCUT2D eigenvalue weighted by atomic mass is 15.3. The summed E-state index contributed by atoms with van der Waals surface area (Å²) in [4.78, 5) is 4.56. The quantitative estimate of drug-likeness (QED) is 0.327. The molecule has 2 aromatic rings. The number of H-pyrrole nitrogens is 1. The van der Waals surface area contributed by atoms with Gasteiger partial charge in [0.2, 0.25) is 0 Å². The van der Waals surface area contributed by atoms with Gasteiger partial charge in [-0.05, 0) is 59.9 Å². The van der Waals surface area contributed by atoms with Gasteiger partial charge in [0.05, 0.1) is 5.69 Å². The molecular formula is C29H29N5. The van der Waals surface area contributed by atoms with Gasteiger partial charge in [0.25, 0.3) is 0 Å². The van der Waals surface area contributed by atoms with Crippen molar-refractivity contribution in [3.63, 3.8) is 0 Å². The average molecular weight is 448 g/mol. The molecule has 34 heavy (non-hydrogen) atoms. The second-order valence-electron chi connectivity index (χ2n) is 7.81. The number of allylic oxidation sites excluding steroid dienone is 15. The Kier molecular flexibility index (Phi) is 8.19. The van der Waals surface area contributed by atoms with Gasteiger partial charge in [-0.15, -0.1) is 5.10 Å². The van der Waals surface area contributed by atoms with E-state index in [1.54, 1.807) is 6.08 Å². The molecule has 0 bridgehead atoms. The van der Waals surface area contributed by atoms with Crippen molar-refractivity contribution < 1.29 is 0 Å². The van der Waals surface area contributed by atoms with Crippen LogP contribution in [0, 0.1) is 12.3 Å². The Bertz CT molecular complexity index is 1310. The van der Waals surface area contributed by atoms with Crippen LogP contribution in [0.5, 0.6) is 0 Å². The summed E-state index contributed by atoms with van der Waals surface area (Å²) < 4.78 is 0. The molecule has 1 aliphatic rings. The number of nitrogens with zero attached hydrogens (tertiary/aromatic N) is 3. The molecule has 2 heterocycles. The first-order valence-corrected chi connectivity index (χ1v) is 11.0.